The lowest BCUT2D eigenvalue weighted by atomic mass is 9.87. The minimum absolute atomic E-state index is 0.204. The fraction of sp³-hybridized carbons (Fsp3) is 0.481. The van der Waals surface area contributed by atoms with Crippen molar-refractivity contribution in [2.75, 3.05) is 6.54 Å². The Morgan fingerprint density at radius 1 is 1.12 bits per heavy atom. The van der Waals surface area contributed by atoms with E-state index in [1.54, 1.807) is 0 Å². The summed E-state index contributed by atoms with van der Waals surface area (Å²) in [5, 5.41) is 22.7. The quantitative estimate of drug-likeness (QED) is 0.639. The van der Waals surface area contributed by atoms with E-state index in [2.05, 4.69) is 75.2 Å². The number of nitrogens with zero attached hydrogens (tertiary/aromatic N) is 1. The zero-order valence-corrected chi connectivity index (χ0v) is 20.4. The van der Waals surface area contributed by atoms with Crippen LogP contribution in [0.2, 0.25) is 0 Å². The summed E-state index contributed by atoms with van der Waals surface area (Å²) in [6, 6.07) is 16.8. The van der Waals surface area contributed by atoms with E-state index in [4.69, 9.17) is 0 Å². The summed E-state index contributed by atoms with van der Waals surface area (Å²) >= 11 is 0. The number of aliphatic carboxylic acids is 1. The maximum atomic E-state index is 10.4. The van der Waals surface area contributed by atoms with Gasteiger partial charge in [-0.15, -0.1) is 0 Å². The number of phenols is 1. The highest BCUT2D eigenvalue weighted by molar-refractivity contribution is 5.86. The number of benzene rings is 2. The average Bonchev–Trinajstić information content (AvgIpc) is 3.20. The van der Waals surface area contributed by atoms with Gasteiger partial charge < -0.3 is 20.3 Å². The van der Waals surface area contributed by atoms with Crippen LogP contribution in [0.5, 0.6) is 5.75 Å². The van der Waals surface area contributed by atoms with E-state index in [0.717, 1.165) is 18.5 Å². The number of hydrogen-bond donors (Lipinski definition) is 2. The number of rotatable bonds is 8. The van der Waals surface area contributed by atoms with Crippen molar-refractivity contribution in [2.45, 2.75) is 77.9 Å². The molecule has 2 aromatic carbocycles. The predicted molar refractivity (Wildman–Crippen MR) is 129 cm³/mol. The number of carboxylic acids is 1. The molecule has 0 spiro atoms. The van der Waals surface area contributed by atoms with Gasteiger partial charge in [0.2, 0.25) is 5.91 Å². The van der Waals surface area contributed by atoms with Gasteiger partial charge in [-0.2, -0.15) is 0 Å². The molecule has 0 unspecified atom stereocenters. The van der Waals surface area contributed by atoms with E-state index in [0.29, 0.717) is 30.7 Å². The molecule has 0 radical (unpaired) electrons. The molecule has 0 bridgehead atoms. The first kappa shape index (κ1) is 26.4. The number of hydrogen-bond acceptors (Lipinski definition) is 5. The van der Waals surface area contributed by atoms with Crippen molar-refractivity contribution in [1.82, 2.24) is 10.2 Å². The van der Waals surface area contributed by atoms with Crippen LogP contribution in [0.25, 0.3) is 0 Å². The van der Waals surface area contributed by atoms with Gasteiger partial charge in [0, 0.05) is 30.0 Å². The summed E-state index contributed by atoms with van der Waals surface area (Å²) in [7, 11) is 0. The molecule has 6 heteroatoms. The van der Waals surface area contributed by atoms with E-state index in [1.165, 1.54) is 11.1 Å². The van der Waals surface area contributed by atoms with Crippen molar-refractivity contribution in [3.05, 3.63) is 65.2 Å². The Morgan fingerprint density at radius 3 is 2.24 bits per heavy atom. The van der Waals surface area contributed by atoms with Crippen LogP contribution in [0.15, 0.2) is 48.5 Å². The number of aromatic hydroxyl groups is 1. The van der Waals surface area contributed by atoms with Gasteiger partial charge in [-0.25, -0.2) is 0 Å². The van der Waals surface area contributed by atoms with Gasteiger partial charge in [0.05, 0.1) is 12.0 Å². The topological polar surface area (TPSA) is 92.7 Å². The highest BCUT2D eigenvalue weighted by Crippen LogP contribution is 2.35. The average molecular weight is 454 g/mol. The normalized spacial score (nSPS) is 16.5. The molecule has 1 amide bonds. The van der Waals surface area contributed by atoms with Gasteiger partial charge in [0.25, 0.3) is 0 Å². The third kappa shape index (κ3) is 7.90. The standard InChI is InChI=1S/C22H31NO.C5H7NO3/c1-16(2)23(17(3)4)14-13-20(19-9-7-6-8-10-19)21-15-18(5)11-12-22(21)24;7-4-2-1-3(6-4)5(8)9/h6-12,15-17,20,24H,13-14H2,1-5H3;3H,1-2H2,(H,6,7)(H,8,9)/p-1/t20-;3-/m10/s1. The first-order valence-corrected chi connectivity index (χ1v) is 11.7. The minimum atomic E-state index is -1.19. The fourth-order valence-corrected chi connectivity index (χ4v) is 4.32. The Hall–Kier alpha value is -2.86. The number of phenolic OH excluding ortho intramolecular Hbond substituents is 1. The summed E-state index contributed by atoms with van der Waals surface area (Å²) in [5.74, 6) is -0.786. The lowest BCUT2D eigenvalue weighted by Crippen LogP contribution is -2.42. The van der Waals surface area contributed by atoms with Crippen molar-refractivity contribution < 1.29 is 19.8 Å². The molecule has 33 heavy (non-hydrogen) atoms. The van der Waals surface area contributed by atoms with Crippen molar-refractivity contribution in [2.24, 2.45) is 0 Å². The van der Waals surface area contributed by atoms with E-state index < -0.39 is 12.0 Å². The predicted octanol–water partition coefficient (Wildman–Crippen LogP) is 3.36. The molecular formula is C27H37N2O4-. The lowest BCUT2D eigenvalue weighted by Gasteiger charge is -2.32. The molecule has 2 N–H and O–H groups in total. The number of carboxylic acid groups (broad SMARTS) is 1. The third-order valence-corrected chi connectivity index (χ3v) is 6.04. The Balaban J connectivity index is 0.000000357. The van der Waals surface area contributed by atoms with Gasteiger partial charge in [0.15, 0.2) is 0 Å². The molecule has 180 valence electrons. The zero-order valence-electron chi connectivity index (χ0n) is 20.4. The van der Waals surface area contributed by atoms with Crippen LogP contribution in [0.4, 0.5) is 0 Å². The van der Waals surface area contributed by atoms with E-state index in [-0.39, 0.29) is 11.8 Å². The molecular weight excluding hydrogens is 416 g/mol. The summed E-state index contributed by atoms with van der Waals surface area (Å²) in [4.78, 5) is 22.9. The molecule has 0 saturated carbocycles. The lowest BCUT2D eigenvalue weighted by molar-refractivity contribution is -0.308. The molecule has 1 aliphatic rings. The Labute approximate surface area is 197 Å². The summed E-state index contributed by atoms with van der Waals surface area (Å²) in [6.45, 7) is 12.1. The maximum Gasteiger partial charge on any atom is 0.220 e. The first-order chi connectivity index (χ1) is 15.6. The van der Waals surface area contributed by atoms with Crippen LogP contribution in [-0.2, 0) is 9.59 Å². The minimum Gasteiger partial charge on any atom is -0.548 e. The number of carbonyl (C=O) groups excluding carboxylic acids is 2. The van der Waals surface area contributed by atoms with Crippen LogP contribution < -0.4 is 10.4 Å². The summed E-state index contributed by atoms with van der Waals surface area (Å²) in [6.07, 6.45) is 1.66. The number of nitrogens with one attached hydrogen (secondary N) is 1. The van der Waals surface area contributed by atoms with Crippen molar-refractivity contribution in [1.29, 1.82) is 0 Å². The first-order valence-electron chi connectivity index (χ1n) is 11.7. The van der Waals surface area contributed by atoms with E-state index in [1.807, 2.05) is 18.2 Å². The second kappa shape index (κ2) is 12.4. The SMILES string of the molecule is Cc1ccc(O)c([C@H](CCN(C(C)C)C(C)C)c2ccccc2)c1.O=C1CC[C@@H](C(=O)[O-])N1. The smallest absolute Gasteiger partial charge is 0.220 e. The van der Waals surface area contributed by atoms with Crippen molar-refractivity contribution >= 4 is 11.9 Å². The molecule has 0 aromatic heterocycles. The number of carbonyl (C=O) groups is 2. The molecule has 1 saturated heterocycles. The number of amides is 1. The monoisotopic (exact) mass is 453 g/mol. The molecule has 1 aliphatic heterocycles. The van der Waals surface area contributed by atoms with Crippen LogP contribution >= 0.6 is 0 Å². The highest BCUT2D eigenvalue weighted by atomic mass is 16.4. The van der Waals surface area contributed by atoms with E-state index >= 15 is 0 Å². The molecule has 1 fully saturated rings. The number of aryl methyl sites for hydroxylation is 1. The largest absolute Gasteiger partial charge is 0.548 e. The van der Waals surface area contributed by atoms with Gasteiger partial charge in [-0.3, -0.25) is 9.69 Å². The second-order valence-electron chi connectivity index (χ2n) is 9.22. The van der Waals surface area contributed by atoms with Crippen LogP contribution in [0.1, 0.15) is 69.6 Å². The van der Waals surface area contributed by atoms with Crippen LogP contribution in [0.3, 0.4) is 0 Å². The van der Waals surface area contributed by atoms with Crippen LogP contribution in [-0.4, -0.2) is 46.6 Å². The van der Waals surface area contributed by atoms with Crippen molar-refractivity contribution in [3.63, 3.8) is 0 Å². The van der Waals surface area contributed by atoms with Gasteiger partial charge in [-0.1, -0.05) is 48.0 Å². The van der Waals surface area contributed by atoms with Gasteiger partial charge in [0.1, 0.15) is 5.75 Å². The van der Waals surface area contributed by atoms with Gasteiger partial charge >= 0.3 is 0 Å². The third-order valence-electron chi connectivity index (χ3n) is 6.04. The Bertz CT molecular complexity index is 904. The maximum absolute atomic E-state index is 10.4. The highest BCUT2D eigenvalue weighted by Gasteiger charge is 2.22. The van der Waals surface area contributed by atoms with Crippen LogP contribution in [0, 0.1) is 6.92 Å². The van der Waals surface area contributed by atoms with Crippen molar-refractivity contribution in [3.8, 4) is 5.75 Å². The summed E-state index contributed by atoms with van der Waals surface area (Å²) < 4.78 is 0. The van der Waals surface area contributed by atoms with E-state index in [9.17, 15) is 19.8 Å². The summed E-state index contributed by atoms with van der Waals surface area (Å²) in [5.41, 5.74) is 3.49. The zero-order chi connectivity index (χ0) is 24.5. The molecule has 1 heterocycles. The second-order valence-corrected chi connectivity index (χ2v) is 9.22. The Morgan fingerprint density at radius 2 is 1.76 bits per heavy atom. The molecule has 2 atom stereocenters. The molecule has 6 nitrogen and oxygen atoms in total. The molecule has 3 rings (SSSR count). The fourth-order valence-electron chi connectivity index (χ4n) is 4.32. The Kier molecular flexibility index (Phi) is 9.92. The van der Waals surface area contributed by atoms with Gasteiger partial charge in [-0.05, 0) is 65.6 Å². The molecule has 0 aliphatic carbocycles. The molecule has 2 aromatic rings.